The molecule has 1 unspecified atom stereocenters. The predicted molar refractivity (Wildman–Crippen MR) is 72.4 cm³/mol. The largest absolute Gasteiger partial charge is 0.371 e. The molecule has 0 saturated heterocycles. The SMILES string of the molecule is CCN(CC)c1c(Cl)cccc1CC(C)N. The van der Waals surface area contributed by atoms with E-state index in [-0.39, 0.29) is 6.04 Å². The lowest BCUT2D eigenvalue weighted by Gasteiger charge is -2.26. The van der Waals surface area contributed by atoms with Gasteiger partial charge in [-0.05, 0) is 38.8 Å². The van der Waals surface area contributed by atoms with E-state index in [0.29, 0.717) is 0 Å². The number of rotatable bonds is 5. The average molecular weight is 241 g/mol. The lowest BCUT2D eigenvalue weighted by molar-refractivity contribution is 0.732. The zero-order valence-corrected chi connectivity index (χ0v) is 11.1. The zero-order chi connectivity index (χ0) is 12.1. The maximum absolute atomic E-state index is 6.28. The molecule has 0 amide bonds. The lowest BCUT2D eigenvalue weighted by Crippen LogP contribution is -2.25. The quantitative estimate of drug-likeness (QED) is 0.857. The normalized spacial score (nSPS) is 12.6. The summed E-state index contributed by atoms with van der Waals surface area (Å²) in [5.74, 6) is 0. The van der Waals surface area contributed by atoms with Crippen LogP contribution in [0, 0.1) is 0 Å². The van der Waals surface area contributed by atoms with Crippen LogP contribution in [0.4, 0.5) is 5.69 Å². The van der Waals surface area contributed by atoms with Gasteiger partial charge in [-0.15, -0.1) is 0 Å². The van der Waals surface area contributed by atoms with Crippen LogP contribution in [0.3, 0.4) is 0 Å². The first-order valence-corrected chi connectivity index (χ1v) is 6.25. The monoisotopic (exact) mass is 240 g/mol. The first-order chi connectivity index (χ1) is 7.60. The van der Waals surface area contributed by atoms with Gasteiger partial charge in [0.1, 0.15) is 0 Å². The molecule has 0 saturated carbocycles. The van der Waals surface area contributed by atoms with Gasteiger partial charge in [0.2, 0.25) is 0 Å². The maximum atomic E-state index is 6.28. The van der Waals surface area contributed by atoms with Gasteiger partial charge in [0.05, 0.1) is 10.7 Å². The first kappa shape index (κ1) is 13.3. The highest BCUT2D eigenvalue weighted by atomic mass is 35.5. The second-order valence-electron chi connectivity index (χ2n) is 4.10. The molecule has 0 radical (unpaired) electrons. The summed E-state index contributed by atoms with van der Waals surface area (Å²) in [6.45, 7) is 8.23. The summed E-state index contributed by atoms with van der Waals surface area (Å²) in [6.07, 6.45) is 0.867. The average Bonchev–Trinajstić information content (AvgIpc) is 2.22. The standard InChI is InChI=1S/C13H21ClN2/c1-4-16(5-2)13-11(9-10(3)15)7-6-8-12(13)14/h6-8,10H,4-5,9,15H2,1-3H3. The van der Waals surface area contributed by atoms with E-state index in [1.54, 1.807) is 0 Å². The molecular formula is C13H21ClN2. The Kier molecular flexibility index (Phi) is 5.10. The minimum absolute atomic E-state index is 0.160. The Labute approximate surface area is 103 Å². The summed E-state index contributed by atoms with van der Waals surface area (Å²) >= 11 is 6.28. The fourth-order valence-corrected chi connectivity index (χ4v) is 2.28. The molecule has 3 heteroatoms. The topological polar surface area (TPSA) is 29.3 Å². The molecule has 2 N–H and O–H groups in total. The van der Waals surface area contributed by atoms with E-state index < -0.39 is 0 Å². The van der Waals surface area contributed by atoms with Crippen molar-refractivity contribution in [3.63, 3.8) is 0 Å². The molecule has 1 rings (SSSR count). The van der Waals surface area contributed by atoms with Gasteiger partial charge in [-0.1, -0.05) is 23.7 Å². The highest BCUT2D eigenvalue weighted by Gasteiger charge is 2.13. The molecule has 0 aliphatic carbocycles. The van der Waals surface area contributed by atoms with Crippen molar-refractivity contribution < 1.29 is 0 Å². The smallest absolute Gasteiger partial charge is 0.0642 e. The van der Waals surface area contributed by atoms with Gasteiger partial charge in [-0.2, -0.15) is 0 Å². The Hall–Kier alpha value is -0.730. The number of halogens is 1. The summed E-state index contributed by atoms with van der Waals surface area (Å²) in [6, 6.07) is 6.21. The van der Waals surface area contributed by atoms with E-state index in [1.165, 1.54) is 5.56 Å². The van der Waals surface area contributed by atoms with Gasteiger partial charge < -0.3 is 10.6 Å². The minimum atomic E-state index is 0.160. The number of nitrogens with two attached hydrogens (primary N) is 1. The van der Waals surface area contributed by atoms with Crippen molar-refractivity contribution in [3.05, 3.63) is 28.8 Å². The highest BCUT2D eigenvalue weighted by molar-refractivity contribution is 6.33. The molecule has 0 aliphatic heterocycles. The van der Waals surface area contributed by atoms with Gasteiger partial charge in [0.15, 0.2) is 0 Å². The fraction of sp³-hybridized carbons (Fsp3) is 0.538. The highest BCUT2D eigenvalue weighted by Crippen LogP contribution is 2.30. The molecule has 0 bridgehead atoms. The predicted octanol–water partition coefficient (Wildman–Crippen LogP) is 3.08. The second-order valence-corrected chi connectivity index (χ2v) is 4.51. The van der Waals surface area contributed by atoms with Crippen LogP contribution in [0.2, 0.25) is 5.02 Å². The van der Waals surface area contributed by atoms with Crippen molar-refractivity contribution >= 4 is 17.3 Å². The molecule has 1 aromatic carbocycles. The van der Waals surface area contributed by atoms with E-state index in [1.807, 2.05) is 19.1 Å². The molecule has 0 spiro atoms. The number of benzene rings is 1. The van der Waals surface area contributed by atoms with Crippen LogP contribution >= 0.6 is 11.6 Å². The van der Waals surface area contributed by atoms with Crippen molar-refractivity contribution in [2.45, 2.75) is 33.2 Å². The lowest BCUT2D eigenvalue weighted by atomic mass is 10.0. The van der Waals surface area contributed by atoms with Crippen LogP contribution in [0.5, 0.6) is 0 Å². The van der Waals surface area contributed by atoms with Crippen molar-refractivity contribution in [2.24, 2.45) is 5.73 Å². The van der Waals surface area contributed by atoms with E-state index in [4.69, 9.17) is 17.3 Å². The Morgan fingerprint density at radius 1 is 1.31 bits per heavy atom. The Morgan fingerprint density at radius 2 is 1.94 bits per heavy atom. The van der Waals surface area contributed by atoms with Gasteiger partial charge in [0, 0.05) is 19.1 Å². The van der Waals surface area contributed by atoms with Crippen molar-refractivity contribution in [1.29, 1.82) is 0 Å². The van der Waals surface area contributed by atoms with Crippen LogP contribution in [0.25, 0.3) is 0 Å². The number of hydrogen-bond donors (Lipinski definition) is 1. The summed E-state index contributed by atoms with van der Waals surface area (Å²) in [4.78, 5) is 2.28. The Bertz CT molecular complexity index is 333. The third-order valence-corrected chi connectivity index (χ3v) is 3.00. The molecule has 90 valence electrons. The molecule has 2 nitrogen and oxygen atoms in total. The van der Waals surface area contributed by atoms with Crippen LogP contribution in [-0.2, 0) is 6.42 Å². The molecule has 0 heterocycles. The van der Waals surface area contributed by atoms with Crippen molar-refractivity contribution in [3.8, 4) is 0 Å². The molecule has 0 fully saturated rings. The zero-order valence-electron chi connectivity index (χ0n) is 10.3. The molecule has 1 atom stereocenters. The summed E-state index contributed by atoms with van der Waals surface area (Å²) < 4.78 is 0. The number of para-hydroxylation sites is 1. The fourth-order valence-electron chi connectivity index (χ4n) is 1.97. The van der Waals surface area contributed by atoms with E-state index >= 15 is 0 Å². The number of hydrogen-bond acceptors (Lipinski definition) is 2. The second kappa shape index (κ2) is 6.12. The maximum Gasteiger partial charge on any atom is 0.0642 e. The summed E-state index contributed by atoms with van der Waals surface area (Å²) in [5.41, 5.74) is 8.25. The van der Waals surface area contributed by atoms with Crippen LogP contribution < -0.4 is 10.6 Å². The van der Waals surface area contributed by atoms with Gasteiger partial charge in [-0.25, -0.2) is 0 Å². The number of nitrogens with zero attached hydrogens (tertiary/aromatic N) is 1. The third-order valence-electron chi connectivity index (χ3n) is 2.69. The minimum Gasteiger partial charge on any atom is -0.371 e. The van der Waals surface area contributed by atoms with Gasteiger partial charge in [0.25, 0.3) is 0 Å². The van der Waals surface area contributed by atoms with E-state index in [0.717, 1.165) is 30.2 Å². The van der Waals surface area contributed by atoms with Crippen LogP contribution in [0.15, 0.2) is 18.2 Å². The number of anilines is 1. The molecule has 0 aromatic heterocycles. The Morgan fingerprint density at radius 3 is 2.44 bits per heavy atom. The van der Waals surface area contributed by atoms with Gasteiger partial charge in [-0.3, -0.25) is 0 Å². The van der Waals surface area contributed by atoms with Gasteiger partial charge >= 0.3 is 0 Å². The van der Waals surface area contributed by atoms with E-state index in [2.05, 4.69) is 24.8 Å². The van der Waals surface area contributed by atoms with Crippen molar-refractivity contribution in [1.82, 2.24) is 0 Å². The third kappa shape index (κ3) is 3.13. The van der Waals surface area contributed by atoms with Crippen molar-refractivity contribution in [2.75, 3.05) is 18.0 Å². The summed E-state index contributed by atoms with van der Waals surface area (Å²) in [7, 11) is 0. The molecule has 0 aliphatic rings. The molecule has 1 aromatic rings. The molecule has 16 heavy (non-hydrogen) atoms. The van der Waals surface area contributed by atoms with E-state index in [9.17, 15) is 0 Å². The van der Waals surface area contributed by atoms with Crippen LogP contribution in [-0.4, -0.2) is 19.1 Å². The Balaban J connectivity index is 3.11. The molecular weight excluding hydrogens is 220 g/mol. The van der Waals surface area contributed by atoms with Crippen LogP contribution in [0.1, 0.15) is 26.3 Å². The first-order valence-electron chi connectivity index (χ1n) is 5.88. The summed E-state index contributed by atoms with van der Waals surface area (Å²) in [5, 5.41) is 0.821.